The molecule has 1 N–H and O–H groups in total. The minimum atomic E-state index is 0.673. The van der Waals surface area contributed by atoms with Crippen LogP contribution in [-0.4, -0.2) is 34.1 Å². The highest BCUT2D eigenvalue weighted by Crippen LogP contribution is 2.26. The molecule has 0 aromatic carbocycles. The topological polar surface area (TPSA) is 41.1 Å². The first-order valence-electron chi connectivity index (χ1n) is 5.43. The summed E-state index contributed by atoms with van der Waals surface area (Å²) in [5.74, 6) is 0.810. The molecule has 1 fully saturated rings. The lowest BCUT2D eigenvalue weighted by Gasteiger charge is -2.19. The van der Waals surface area contributed by atoms with Crippen LogP contribution in [0.4, 0.5) is 5.00 Å². The molecule has 0 radical (unpaired) electrons. The SMILES string of the molecule is CNc1snnc1CN1CC(C)CC1C. The number of aromatic nitrogens is 2. The normalized spacial score (nSPS) is 27.1. The summed E-state index contributed by atoms with van der Waals surface area (Å²) < 4.78 is 3.98. The quantitative estimate of drug-likeness (QED) is 0.853. The molecule has 0 aliphatic carbocycles. The van der Waals surface area contributed by atoms with Crippen molar-refractivity contribution in [2.75, 3.05) is 18.9 Å². The van der Waals surface area contributed by atoms with Crippen LogP contribution in [0.2, 0.25) is 0 Å². The largest absolute Gasteiger partial charge is 0.377 e. The Labute approximate surface area is 94.8 Å². The van der Waals surface area contributed by atoms with Gasteiger partial charge in [0.25, 0.3) is 0 Å². The Bertz CT molecular complexity index is 325. The van der Waals surface area contributed by atoms with Crippen molar-refractivity contribution < 1.29 is 0 Å². The summed E-state index contributed by atoms with van der Waals surface area (Å²) in [6, 6.07) is 0.673. The number of hydrogen-bond acceptors (Lipinski definition) is 5. The van der Waals surface area contributed by atoms with Crippen LogP contribution in [0.5, 0.6) is 0 Å². The predicted molar refractivity (Wildman–Crippen MR) is 63.1 cm³/mol. The fourth-order valence-corrected chi connectivity index (χ4v) is 2.82. The number of rotatable bonds is 3. The van der Waals surface area contributed by atoms with Crippen LogP contribution in [0.3, 0.4) is 0 Å². The van der Waals surface area contributed by atoms with Gasteiger partial charge in [-0.1, -0.05) is 11.4 Å². The van der Waals surface area contributed by atoms with Crippen molar-refractivity contribution in [2.24, 2.45) is 5.92 Å². The van der Waals surface area contributed by atoms with Gasteiger partial charge < -0.3 is 5.32 Å². The van der Waals surface area contributed by atoms with E-state index in [0.717, 1.165) is 23.2 Å². The highest BCUT2D eigenvalue weighted by molar-refractivity contribution is 7.10. The Balaban J connectivity index is 2.02. The molecule has 2 rings (SSSR count). The minimum Gasteiger partial charge on any atom is -0.377 e. The summed E-state index contributed by atoms with van der Waals surface area (Å²) in [6.07, 6.45) is 1.30. The maximum absolute atomic E-state index is 4.17. The van der Waals surface area contributed by atoms with Crippen molar-refractivity contribution >= 4 is 16.5 Å². The zero-order valence-electron chi connectivity index (χ0n) is 9.53. The van der Waals surface area contributed by atoms with E-state index in [0.29, 0.717) is 6.04 Å². The van der Waals surface area contributed by atoms with Crippen LogP contribution in [-0.2, 0) is 6.54 Å². The fraction of sp³-hybridized carbons (Fsp3) is 0.800. The van der Waals surface area contributed by atoms with E-state index in [1.807, 2.05) is 7.05 Å². The number of likely N-dealkylation sites (tertiary alicyclic amines) is 1. The van der Waals surface area contributed by atoms with Crippen LogP contribution in [0.15, 0.2) is 0 Å². The number of nitrogens with zero attached hydrogens (tertiary/aromatic N) is 3. The third kappa shape index (κ3) is 2.29. The lowest BCUT2D eigenvalue weighted by atomic mass is 10.1. The van der Waals surface area contributed by atoms with Crippen LogP contribution >= 0.6 is 11.5 Å². The Kier molecular flexibility index (Phi) is 3.21. The van der Waals surface area contributed by atoms with Gasteiger partial charge >= 0.3 is 0 Å². The van der Waals surface area contributed by atoms with Crippen molar-refractivity contribution in [3.63, 3.8) is 0 Å². The zero-order valence-corrected chi connectivity index (χ0v) is 10.3. The fourth-order valence-electron chi connectivity index (χ4n) is 2.30. The van der Waals surface area contributed by atoms with E-state index in [1.54, 1.807) is 0 Å². The molecule has 1 aliphatic rings. The molecular weight excluding hydrogens is 208 g/mol. The molecule has 2 atom stereocenters. The van der Waals surface area contributed by atoms with E-state index in [2.05, 4.69) is 33.7 Å². The second-order valence-electron chi connectivity index (χ2n) is 4.42. The molecule has 2 heterocycles. The van der Waals surface area contributed by atoms with Crippen LogP contribution in [0.25, 0.3) is 0 Å². The van der Waals surface area contributed by atoms with Gasteiger partial charge in [0.1, 0.15) is 10.7 Å². The van der Waals surface area contributed by atoms with Crippen LogP contribution in [0.1, 0.15) is 26.0 Å². The van der Waals surface area contributed by atoms with E-state index < -0.39 is 0 Å². The molecule has 2 unspecified atom stereocenters. The smallest absolute Gasteiger partial charge is 0.134 e. The number of nitrogens with one attached hydrogen (secondary N) is 1. The van der Waals surface area contributed by atoms with Gasteiger partial charge in [0, 0.05) is 37.7 Å². The highest BCUT2D eigenvalue weighted by atomic mass is 32.1. The minimum absolute atomic E-state index is 0.673. The summed E-state index contributed by atoms with van der Waals surface area (Å²) in [5.41, 5.74) is 1.09. The van der Waals surface area contributed by atoms with E-state index in [1.165, 1.54) is 24.5 Å². The average molecular weight is 226 g/mol. The lowest BCUT2D eigenvalue weighted by molar-refractivity contribution is 0.254. The van der Waals surface area contributed by atoms with Gasteiger partial charge in [-0.25, -0.2) is 0 Å². The maximum Gasteiger partial charge on any atom is 0.134 e. The van der Waals surface area contributed by atoms with Gasteiger partial charge in [0.05, 0.1) is 0 Å². The molecule has 1 aliphatic heterocycles. The van der Waals surface area contributed by atoms with Gasteiger partial charge in [-0.2, -0.15) is 0 Å². The van der Waals surface area contributed by atoms with Gasteiger partial charge in [-0.15, -0.1) is 5.10 Å². The van der Waals surface area contributed by atoms with Crippen molar-refractivity contribution in [3.05, 3.63) is 5.69 Å². The number of hydrogen-bond donors (Lipinski definition) is 1. The number of anilines is 1. The Morgan fingerprint density at radius 1 is 1.53 bits per heavy atom. The van der Waals surface area contributed by atoms with Crippen LogP contribution in [0, 0.1) is 5.92 Å². The first-order valence-corrected chi connectivity index (χ1v) is 6.21. The molecule has 15 heavy (non-hydrogen) atoms. The summed E-state index contributed by atoms with van der Waals surface area (Å²) in [5, 5.41) is 8.42. The van der Waals surface area contributed by atoms with E-state index in [-0.39, 0.29) is 0 Å². The van der Waals surface area contributed by atoms with E-state index >= 15 is 0 Å². The molecule has 4 nitrogen and oxygen atoms in total. The second-order valence-corrected chi connectivity index (χ2v) is 5.17. The van der Waals surface area contributed by atoms with Crippen molar-refractivity contribution in [3.8, 4) is 0 Å². The van der Waals surface area contributed by atoms with Gasteiger partial charge in [0.15, 0.2) is 0 Å². The van der Waals surface area contributed by atoms with Crippen molar-refractivity contribution in [1.29, 1.82) is 0 Å². The molecule has 1 aromatic rings. The summed E-state index contributed by atoms with van der Waals surface area (Å²) in [4.78, 5) is 2.49. The van der Waals surface area contributed by atoms with Crippen LogP contribution < -0.4 is 5.32 Å². The summed E-state index contributed by atoms with van der Waals surface area (Å²) in [6.45, 7) is 6.72. The Hall–Kier alpha value is -0.680. The van der Waals surface area contributed by atoms with Gasteiger partial charge in [-0.05, 0) is 19.3 Å². The molecule has 84 valence electrons. The Morgan fingerprint density at radius 2 is 2.33 bits per heavy atom. The Morgan fingerprint density at radius 3 is 2.93 bits per heavy atom. The monoisotopic (exact) mass is 226 g/mol. The van der Waals surface area contributed by atoms with E-state index in [4.69, 9.17) is 0 Å². The third-order valence-corrected chi connectivity index (χ3v) is 3.83. The molecule has 0 spiro atoms. The van der Waals surface area contributed by atoms with Gasteiger partial charge in [-0.3, -0.25) is 4.90 Å². The molecule has 5 heteroatoms. The first-order chi connectivity index (χ1) is 7.20. The molecule has 0 saturated carbocycles. The highest BCUT2D eigenvalue weighted by Gasteiger charge is 2.27. The predicted octanol–water partition coefficient (Wildman–Crippen LogP) is 1.81. The lowest BCUT2D eigenvalue weighted by Crippen LogP contribution is -2.27. The molecule has 1 saturated heterocycles. The molecule has 1 aromatic heterocycles. The summed E-state index contributed by atoms with van der Waals surface area (Å²) in [7, 11) is 1.93. The second kappa shape index (κ2) is 4.45. The van der Waals surface area contributed by atoms with Crippen molar-refractivity contribution in [2.45, 2.75) is 32.9 Å². The first kappa shape index (κ1) is 10.8. The third-order valence-electron chi connectivity index (χ3n) is 3.05. The van der Waals surface area contributed by atoms with Crippen molar-refractivity contribution in [1.82, 2.24) is 14.5 Å². The zero-order chi connectivity index (χ0) is 10.8. The maximum atomic E-state index is 4.17. The van der Waals surface area contributed by atoms with Gasteiger partial charge in [0.2, 0.25) is 0 Å². The molecular formula is C10H18N4S. The van der Waals surface area contributed by atoms with E-state index in [9.17, 15) is 0 Å². The average Bonchev–Trinajstić information content (AvgIpc) is 2.74. The molecule has 0 bridgehead atoms. The summed E-state index contributed by atoms with van der Waals surface area (Å²) >= 11 is 1.44. The molecule has 0 amide bonds. The standard InChI is InChI=1S/C10H18N4S/c1-7-4-8(2)14(5-7)6-9-10(11-3)15-13-12-9/h7-8,11H,4-6H2,1-3H3.